The number of carbonyl (C=O) groups is 2. The van der Waals surface area contributed by atoms with Gasteiger partial charge in [-0.25, -0.2) is 4.79 Å². The molecule has 0 bridgehead atoms. The first kappa shape index (κ1) is 19.2. The third-order valence-corrected chi connectivity index (χ3v) is 3.91. The Hall–Kier alpha value is -3.16. The number of hydrogen-bond acceptors (Lipinski definition) is 6. The van der Waals surface area contributed by atoms with Crippen molar-refractivity contribution < 1.29 is 23.7 Å². The van der Waals surface area contributed by atoms with Crippen LogP contribution < -0.4 is 5.32 Å². The molecule has 2 rings (SSSR count). The van der Waals surface area contributed by atoms with Crippen LogP contribution in [0.1, 0.15) is 42.3 Å². The van der Waals surface area contributed by atoms with Gasteiger partial charge < -0.3 is 14.5 Å². The zero-order valence-electron chi connectivity index (χ0n) is 14.5. The molecule has 0 aliphatic rings. The molecule has 0 saturated heterocycles. The van der Waals surface area contributed by atoms with Gasteiger partial charge in [-0.1, -0.05) is 37.3 Å². The molecule has 1 amide bonds. The van der Waals surface area contributed by atoms with Gasteiger partial charge >= 0.3 is 11.9 Å². The van der Waals surface area contributed by atoms with Gasteiger partial charge in [-0.15, -0.1) is 0 Å². The Balaban J connectivity index is 1.88. The van der Waals surface area contributed by atoms with E-state index in [2.05, 4.69) is 5.32 Å². The van der Waals surface area contributed by atoms with Crippen LogP contribution in [-0.4, -0.2) is 29.4 Å². The highest BCUT2D eigenvalue weighted by Crippen LogP contribution is 2.19. The Morgan fingerprint density at radius 2 is 1.92 bits per heavy atom. The van der Waals surface area contributed by atoms with Gasteiger partial charge in [0.2, 0.25) is 5.76 Å². The quantitative estimate of drug-likeness (QED) is 0.440. The second-order valence-electron chi connectivity index (χ2n) is 5.70. The van der Waals surface area contributed by atoms with Crippen LogP contribution in [0.15, 0.2) is 46.9 Å². The van der Waals surface area contributed by atoms with Gasteiger partial charge in [0.25, 0.3) is 5.91 Å². The number of ether oxygens (including phenoxy) is 1. The van der Waals surface area contributed by atoms with Gasteiger partial charge in [0.1, 0.15) is 4.92 Å². The summed E-state index contributed by atoms with van der Waals surface area (Å²) in [7, 11) is 0. The molecule has 1 aromatic heterocycles. The van der Waals surface area contributed by atoms with Crippen LogP contribution in [0.25, 0.3) is 0 Å². The summed E-state index contributed by atoms with van der Waals surface area (Å²) in [4.78, 5) is 33.8. The normalized spacial score (nSPS) is 12.8. The molecule has 8 heteroatoms. The Labute approximate surface area is 150 Å². The molecule has 0 fully saturated rings. The monoisotopic (exact) mass is 360 g/mol. The molecular weight excluding hydrogens is 340 g/mol. The number of carbonyl (C=O) groups excluding carboxylic acids is 2. The fraction of sp³-hybridized carbons (Fsp3) is 0.333. The summed E-state index contributed by atoms with van der Waals surface area (Å²) in [6, 6.07) is 12.0. The fourth-order valence-electron chi connectivity index (χ4n) is 2.40. The average Bonchev–Trinajstić information content (AvgIpc) is 3.13. The molecule has 138 valence electrons. The van der Waals surface area contributed by atoms with Crippen LogP contribution >= 0.6 is 0 Å². The Morgan fingerprint density at radius 1 is 1.23 bits per heavy atom. The van der Waals surface area contributed by atoms with Crippen molar-refractivity contribution in [3.8, 4) is 0 Å². The zero-order chi connectivity index (χ0) is 19.1. The lowest BCUT2D eigenvalue weighted by Crippen LogP contribution is -2.37. The maximum Gasteiger partial charge on any atom is 0.433 e. The smallest absolute Gasteiger partial charge is 0.433 e. The number of nitrogens with one attached hydrogen (secondary N) is 1. The molecule has 0 spiro atoms. The fourth-order valence-corrected chi connectivity index (χ4v) is 2.40. The highest BCUT2D eigenvalue weighted by molar-refractivity contribution is 5.90. The van der Waals surface area contributed by atoms with Crippen molar-refractivity contribution in [2.75, 3.05) is 6.54 Å². The van der Waals surface area contributed by atoms with Gasteiger partial charge in [0, 0.05) is 12.5 Å². The van der Waals surface area contributed by atoms with Gasteiger partial charge in [-0.2, -0.15) is 0 Å². The molecule has 8 nitrogen and oxygen atoms in total. The van der Waals surface area contributed by atoms with Crippen LogP contribution in [0.3, 0.4) is 0 Å². The van der Waals surface area contributed by atoms with Crippen LogP contribution in [0.2, 0.25) is 0 Å². The summed E-state index contributed by atoms with van der Waals surface area (Å²) in [5, 5.41) is 13.3. The van der Waals surface area contributed by atoms with E-state index in [4.69, 9.17) is 9.15 Å². The van der Waals surface area contributed by atoms with Gasteiger partial charge in [0.15, 0.2) is 6.10 Å². The van der Waals surface area contributed by atoms with Crippen molar-refractivity contribution in [3.63, 3.8) is 0 Å². The van der Waals surface area contributed by atoms with Gasteiger partial charge in [-0.05, 0) is 25.0 Å². The van der Waals surface area contributed by atoms with Crippen molar-refractivity contribution in [2.24, 2.45) is 0 Å². The van der Waals surface area contributed by atoms with E-state index in [9.17, 15) is 19.7 Å². The van der Waals surface area contributed by atoms with Crippen LogP contribution in [0.4, 0.5) is 5.88 Å². The molecule has 0 aliphatic carbocycles. The van der Waals surface area contributed by atoms with Crippen molar-refractivity contribution in [2.45, 2.75) is 32.3 Å². The number of amides is 1. The van der Waals surface area contributed by atoms with Crippen LogP contribution in [0.5, 0.6) is 0 Å². The van der Waals surface area contributed by atoms with E-state index < -0.39 is 28.8 Å². The molecule has 2 aromatic rings. The summed E-state index contributed by atoms with van der Waals surface area (Å²) in [6.07, 6.45) is -0.214. The first-order valence-electron chi connectivity index (χ1n) is 8.20. The Bertz CT molecular complexity index is 771. The summed E-state index contributed by atoms with van der Waals surface area (Å²) in [6.45, 7) is 3.86. The second-order valence-corrected chi connectivity index (χ2v) is 5.70. The van der Waals surface area contributed by atoms with Crippen molar-refractivity contribution >= 4 is 17.8 Å². The molecule has 1 aromatic carbocycles. The molecular formula is C18H20N2O6. The number of esters is 1. The third kappa shape index (κ3) is 4.92. The lowest BCUT2D eigenvalue weighted by molar-refractivity contribution is -0.402. The maximum atomic E-state index is 12.1. The molecule has 0 radical (unpaired) electrons. The largest absolute Gasteiger partial charge is 0.447 e. The summed E-state index contributed by atoms with van der Waals surface area (Å²) in [5.41, 5.74) is 1.11. The molecule has 0 aliphatic heterocycles. The van der Waals surface area contributed by atoms with E-state index in [1.807, 2.05) is 37.3 Å². The van der Waals surface area contributed by atoms with E-state index in [1.54, 1.807) is 0 Å². The maximum absolute atomic E-state index is 12.1. The first-order chi connectivity index (χ1) is 12.4. The number of nitro groups is 1. The van der Waals surface area contributed by atoms with Crippen LogP contribution in [0, 0.1) is 10.1 Å². The highest BCUT2D eigenvalue weighted by Gasteiger charge is 2.24. The Morgan fingerprint density at radius 3 is 2.50 bits per heavy atom. The topological polar surface area (TPSA) is 112 Å². The second kappa shape index (κ2) is 8.80. The van der Waals surface area contributed by atoms with E-state index >= 15 is 0 Å². The van der Waals surface area contributed by atoms with Gasteiger partial charge in [-0.3, -0.25) is 14.9 Å². The number of hydrogen-bond donors (Lipinski definition) is 1. The number of benzene rings is 1. The Kier molecular flexibility index (Phi) is 6.48. The minimum Gasteiger partial charge on any atom is -0.447 e. The van der Waals surface area contributed by atoms with E-state index in [0.29, 0.717) is 6.54 Å². The van der Waals surface area contributed by atoms with Crippen molar-refractivity contribution in [3.05, 3.63) is 63.9 Å². The minimum absolute atomic E-state index is 0.149. The first-order valence-corrected chi connectivity index (χ1v) is 8.20. The lowest BCUT2D eigenvalue weighted by atomic mass is 9.96. The summed E-state index contributed by atoms with van der Waals surface area (Å²) >= 11 is 0. The molecule has 0 saturated carbocycles. The van der Waals surface area contributed by atoms with E-state index in [1.165, 1.54) is 6.92 Å². The van der Waals surface area contributed by atoms with E-state index in [0.717, 1.165) is 24.1 Å². The summed E-state index contributed by atoms with van der Waals surface area (Å²) < 4.78 is 9.75. The average molecular weight is 360 g/mol. The predicted molar refractivity (Wildman–Crippen MR) is 92.7 cm³/mol. The molecule has 1 N–H and O–H groups in total. The lowest BCUT2D eigenvalue weighted by Gasteiger charge is -2.18. The molecule has 2 atom stereocenters. The molecule has 0 unspecified atom stereocenters. The standard InChI is InChI=1S/C18H20N2O6/c1-3-13(14-7-5-4-6-8-14)11-19-17(21)12(2)25-18(22)15-9-10-16(26-15)20(23)24/h4-10,12-13H,3,11H2,1-2H3,(H,19,21)/t12-,13-/m0/s1. The van der Waals surface area contributed by atoms with E-state index in [-0.39, 0.29) is 11.7 Å². The number of nitrogens with zero attached hydrogens (tertiary/aromatic N) is 1. The highest BCUT2D eigenvalue weighted by atomic mass is 16.7. The molecule has 26 heavy (non-hydrogen) atoms. The third-order valence-electron chi connectivity index (χ3n) is 3.91. The van der Waals surface area contributed by atoms with Crippen molar-refractivity contribution in [1.29, 1.82) is 0 Å². The SMILES string of the molecule is CC[C@@H](CNC(=O)[C@H](C)OC(=O)c1ccc([N+](=O)[O-])o1)c1ccccc1. The number of rotatable bonds is 8. The summed E-state index contributed by atoms with van der Waals surface area (Å²) in [5.74, 6) is -2.13. The number of furan rings is 1. The molecule has 1 heterocycles. The van der Waals surface area contributed by atoms with Crippen LogP contribution in [-0.2, 0) is 9.53 Å². The minimum atomic E-state index is -1.06. The predicted octanol–water partition coefficient (Wildman–Crippen LogP) is 3.04. The zero-order valence-corrected chi connectivity index (χ0v) is 14.5. The van der Waals surface area contributed by atoms with Crippen molar-refractivity contribution in [1.82, 2.24) is 5.32 Å². The van der Waals surface area contributed by atoms with Gasteiger partial charge in [0.05, 0.1) is 6.07 Å².